The third-order valence-corrected chi connectivity index (χ3v) is 3.18. The number of hydrogen-bond acceptors (Lipinski definition) is 3. The van der Waals surface area contributed by atoms with Gasteiger partial charge in [0.25, 0.3) is 0 Å². The van der Waals surface area contributed by atoms with Crippen LogP contribution in [0.5, 0.6) is 5.75 Å². The molecule has 0 radical (unpaired) electrons. The molecule has 1 aromatic carbocycles. The van der Waals surface area contributed by atoms with E-state index in [2.05, 4.69) is 5.32 Å². The molecule has 1 aliphatic rings. The SMILES string of the molecule is COc1cccc(/C=C(/C)CC2COCCN2)c1F. The van der Waals surface area contributed by atoms with Crippen LogP contribution >= 0.6 is 0 Å². The van der Waals surface area contributed by atoms with E-state index in [1.165, 1.54) is 7.11 Å². The van der Waals surface area contributed by atoms with Gasteiger partial charge in [0, 0.05) is 18.2 Å². The molecule has 1 saturated heterocycles. The summed E-state index contributed by atoms with van der Waals surface area (Å²) in [5.74, 6) is -0.0297. The summed E-state index contributed by atoms with van der Waals surface area (Å²) in [6.45, 7) is 4.37. The summed E-state index contributed by atoms with van der Waals surface area (Å²) < 4.78 is 24.4. The van der Waals surface area contributed by atoms with Gasteiger partial charge in [0.05, 0.1) is 20.3 Å². The molecule has 1 N–H and O–H groups in total. The largest absolute Gasteiger partial charge is 0.494 e. The van der Waals surface area contributed by atoms with E-state index in [0.29, 0.717) is 18.2 Å². The van der Waals surface area contributed by atoms with Crippen molar-refractivity contribution in [3.05, 3.63) is 35.2 Å². The quantitative estimate of drug-likeness (QED) is 0.907. The minimum absolute atomic E-state index is 0.278. The molecule has 104 valence electrons. The van der Waals surface area contributed by atoms with Gasteiger partial charge in [-0.1, -0.05) is 23.8 Å². The fourth-order valence-corrected chi connectivity index (χ4v) is 2.26. The first-order valence-electron chi connectivity index (χ1n) is 6.51. The Kier molecular flexibility index (Phi) is 4.93. The Hall–Kier alpha value is -1.39. The van der Waals surface area contributed by atoms with Gasteiger partial charge in [0.15, 0.2) is 11.6 Å². The topological polar surface area (TPSA) is 30.5 Å². The van der Waals surface area contributed by atoms with Crippen molar-refractivity contribution in [3.63, 3.8) is 0 Å². The van der Waals surface area contributed by atoms with Crippen molar-refractivity contribution in [2.45, 2.75) is 19.4 Å². The molecule has 0 spiro atoms. The fourth-order valence-electron chi connectivity index (χ4n) is 2.26. The highest BCUT2D eigenvalue weighted by molar-refractivity contribution is 5.55. The van der Waals surface area contributed by atoms with Crippen LogP contribution in [0.25, 0.3) is 6.08 Å². The number of ether oxygens (including phenoxy) is 2. The van der Waals surface area contributed by atoms with Crippen LogP contribution < -0.4 is 10.1 Å². The molecule has 1 fully saturated rings. The van der Waals surface area contributed by atoms with Crippen molar-refractivity contribution >= 4 is 6.08 Å². The highest BCUT2D eigenvalue weighted by Gasteiger charge is 2.13. The minimum atomic E-state index is -0.308. The van der Waals surface area contributed by atoms with Crippen molar-refractivity contribution in [1.29, 1.82) is 0 Å². The molecule has 1 unspecified atom stereocenters. The number of rotatable bonds is 4. The summed E-state index contributed by atoms with van der Waals surface area (Å²) >= 11 is 0. The number of benzene rings is 1. The van der Waals surface area contributed by atoms with Crippen molar-refractivity contribution in [1.82, 2.24) is 5.32 Å². The maximum Gasteiger partial charge on any atom is 0.172 e. The standard InChI is InChI=1S/C15H20FNO2/c1-11(9-13-10-19-7-6-17-13)8-12-4-3-5-14(18-2)15(12)16/h3-5,8,13,17H,6-7,9-10H2,1-2H3/b11-8-. The number of nitrogens with one attached hydrogen (secondary N) is 1. The normalized spacial score (nSPS) is 20.4. The third kappa shape index (κ3) is 3.78. The van der Waals surface area contributed by atoms with E-state index >= 15 is 0 Å². The van der Waals surface area contributed by atoms with Crippen molar-refractivity contribution < 1.29 is 13.9 Å². The molecule has 2 rings (SSSR count). The zero-order valence-electron chi connectivity index (χ0n) is 11.4. The Bertz CT molecular complexity index is 453. The van der Waals surface area contributed by atoms with Crippen LogP contribution in [0.3, 0.4) is 0 Å². The van der Waals surface area contributed by atoms with Gasteiger partial charge in [0.2, 0.25) is 0 Å². The highest BCUT2D eigenvalue weighted by Crippen LogP contribution is 2.23. The Labute approximate surface area is 113 Å². The van der Waals surface area contributed by atoms with E-state index in [0.717, 1.165) is 25.1 Å². The highest BCUT2D eigenvalue weighted by atomic mass is 19.1. The average molecular weight is 265 g/mol. The smallest absolute Gasteiger partial charge is 0.172 e. The summed E-state index contributed by atoms with van der Waals surface area (Å²) in [7, 11) is 1.47. The van der Waals surface area contributed by atoms with Gasteiger partial charge in [0.1, 0.15) is 0 Å². The van der Waals surface area contributed by atoms with Crippen LogP contribution in [0.2, 0.25) is 0 Å². The maximum absolute atomic E-state index is 14.0. The first kappa shape index (κ1) is 14.0. The lowest BCUT2D eigenvalue weighted by atomic mass is 10.0. The fraction of sp³-hybridized carbons (Fsp3) is 0.467. The molecule has 1 atom stereocenters. The van der Waals surface area contributed by atoms with Gasteiger partial charge in [-0.3, -0.25) is 0 Å². The zero-order chi connectivity index (χ0) is 13.7. The van der Waals surface area contributed by atoms with Gasteiger partial charge < -0.3 is 14.8 Å². The first-order chi connectivity index (χ1) is 9.20. The number of halogens is 1. The molecule has 3 nitrogen and oxygen atoms in total. The molecule has 0 saturated carbocycles. The molecular formula is C15H20FNO2. The second-order valence-corrected chi connectivity index (χ2v) is 4.78. The molecule has 1 aliphatic heterocycles. The summed E-state index contributed by atoms with van der Waals surface area (Å²) in [5, 5.41) is 3.39. The molecule has 1 heterocycles. The Morgan fingerprint density at radius 1 is 1.58 bits per heavy atom. The van der Waals surface area contributed by atoms with Gasteiger partial charge in [-0.25, -0.2) is 4.39 Å². The van der Waals surface area contributed by atoms with E-state index in [4.69, 9.17) is 9.47 Å². The third-order valence-electron chi connectivity index (χ3n) is 3.18. The maximum atomic E-state index is 14.0. The molecule has 0 amide bonds. The zero-order valence-corrected chi connectivity index (χ0v) is 11.4. The lowest BCUT2D eigenvalue weighted by molar-refractivity contribution is 0.0771. The van der Waals surface area contributed by atoms with Crippen LogP contribution in [0.15, 0.2) is 23.8 Å². The van der Waals surface area contributed by atoms with Crippen LogP contribution in [0.1, 0.15) is 18.9 Å². The lowest BCUT2D eigenvalue weighted by Gasteiger charge is -2.24. The van der Waals surface area contributed by atoms with Crippen LogP contribution in [-0.2, 0) is 4.74 Å². The predicted octanol–water partition coefficient (Wildman–Crippen LogP) is 2.62. The Morgan fingerprint density at radius 3 is 3.11 bits per heavy atom. The minimum Gasteiger partial charge on any atom is -0.494 e. The lowest BCUT2D eigenvalue weighted by Crippen LogP contribution is -2.41. The summed E-state index contributed by atoms with van der Waals surface area (Å²) in [6, 6.07) is 5.49. The molecular weight excluding hydrogens is 245 g/mol. The molecule has 1 aromatic rings. The van der Waals surface area contributed by atoms with Gasteiger partial charge in [-0.05, 0) is 19.4 Å². The van der Waals surface area contributed by atoms with E-state index in [-0.39, 0.29) is 11.6 Å². The molecule has 0 bridgehead atoms. The van der Waals surface area contributed by atoms with Crippen molar-refractivity contribution in [2.75, 3.05) is 26.9 Å². The van der Waals surface area contributed by atoms with Gasteiger partial charge in [-0.15, -0.1) is 0 Å². The van der Waals surface area contributed by atoms with Gasteiger partial charge >= 0.3 is 0 Å². The molecule has 0 aromatic heterocycles. The van der Waals surface area contributed by atoms with Crippen molar-refractivity contribution in [2.24, 2.45) is 0 Å². The first-order valence-corrected chi connectivity index (χ1v) is 6.51. The Morgan fingerprint density at radius 2 is 2.42 bits per heavy atom. The average Bonchev–Trinajstić information content (AvgIpc) is 2.42. The summed E-state index contributed by atoms with van der Waals surface area (Å²) in [4.78, 5) is 0. The molecule has 19 heavy (non-hydrogen) atoms. The number of morpholine rings is 1. The molecule has 0 aliphatic carbocycles. The second-order valence-electron chi connectivity index (χ2n) is 4.78. The number of methoxy groups -OCH3 is 1. The van der Waals surface area contributed by atoms with E-state index in [1.807, 2.05) is 13.0 Å². The number of hydrogen-bond donors (Lipinski definition) is 1. The van der Waals surface area contributed by atoms with Crippen LogP contribution in [0.4, 0.5) is 4.39 Å². The van der Waals surface area contributed by atoms with E-state index < -0.39 is 0 Å². The van der Waals surface area contributed by atoms with Crippen LogP contribution in [0, 0.1) is 5.82 Å². The van der Waals surface area contributed by atoms with Crippen LogP contribution in [-0.4, -0.2) is 32.9 Å². The second kappa shape index (κ2) is 6.68. The monoisotopic (exact) mass is 265 g/mol. The summed E-state index contributed by atoms with van der Waals surface area (Å²) in [6.07, 6.45) is 2.73. The summed E-state index contributed by atoms with van der Waals surface area (Å²) in [5.41, 5.74) is 1.68. The van der Waals surface area contributed by atoms with E-state index in [9.17, 15) is 4.39 Å². The van der Waals surface area contributed by atoms with Gasteiger partial charge in [-0.2, -0.15) is 0 Å². The molecule has 4 heteroatoms. The van der Waals surface area contributed by atoms with E-state index in [1.54, 1.807) is 18.2 Å². The predicted molar refractivity (Wildman–Crippen MR) is 73.8 cm³/mol. The Balaban J connectivity index is 2.07. The van der Waals surface area contributed by atoms with Crippen molar-refractivity contribution in [3.8, 4) is 5.75 Å².